The quantitative estimate of drug-likeness (QED) is 0.714. The van der Waals surface area contributed by atoms with Gasteiger partial charge in [0.05, 0.1) is 16.4 Å². The summed E-state index contributed by atoms with van der Waals surface area (Å²) in [6, 6.07) is 6.26. The third kappa shape index (κ3) is 1.73. The van der Waals surface area contributed by atoms with E-state index in [2.05, 4.69) is 12.2 Å². The van der Waals surface area contributed by atoms with Gasteiger partial charge >= 0.3 is 0 Å². The van der Waals surface area contributed by atoms with Crippen LogP contribution in [0.25, 0.3) is 0 Å². The number of anilines is 2. The lowest BCUT2D eigenvalue weighted by molar-refractivity contribution is 0.930. The Bertz CT molecular complexity index is 325. The molecule has 2 nitrogen and oxygen atoms in total. The van der Waals surface area contributed by atoms with Crippen LogP contribution in [0.5, 0.6) is 0 Å². The number of benzene rings is 1. The molecule has 1 aromatic carbocycles. The van der Waals surface area contributed by atoms with Gasteiger partial charge in [-0.2, -0.15) is 0 Å². The molecule has 2 atom stereocenters. The third-order valence-electron chi connectivity index (χ3n) is 2.50. The SMILES string of the molecule is CC1CC1Nc1cccc(Cl)c1N. The van der Waals surface area contributed by atoms with Crippen molar-refractivity contribution < 1.29 is 0 Å². The smallest absolute Gasteiger partial charge is 0.0739 e. The van der Waals surface area contributed by atoms with E-state index < -0.39 is 0 Å². The first kappa shape index (κ1) is 8.70. The molecule has 2 unspecified atom stereocenters. The van der Waals surface area contributed by atoms with E-state index in [1.165, 1.54) is 6.42 Å². The number of nitrogens with two attached hydrogens (primary N) is 1. The molecule has 1 aromatic rings. The summed E-state index contributed by atoms with van der Waals surface area (Å²) < 4.78 is 0. The highest BCUT2D eigenvalue weighted by atomic mass is 35.5. The van der Waals surface area contributed by atoms with Crippen molar-refractivity contribution in [2.45, 2.75) is 19.4 Å². The van der Waals surface area contributed by atoms with Gasteiger partial charge in [0.25, 0.3) is 0 Å². The number of nitrogens with one attached hydrogen (secondary N) is 1. The molecule has 0 radical (unpaired) electrons. The molecule has 70 valence electrons. The molecule has 3 N–H and O–H groups in total. The summed E-state index contributed by atoms with van der Waals surface area (Å²) in [6.45, 7) is 2.22. The van der Waals surface area contributed by atoms with Crippen molar-refractivity contribution in [2.24, 2.45) is 5.92 Å². The summed E-state index contributed by atoms with van der Waals surface area (Å²) in [7, 11) is 0. The standard InChI is InChI=1S/C10H13ClN2/c1-6-5-9(6)13-8-4-2-3-7(11)10(8)12/h2-4,6,9,13H,5,12H2,1H3. The van der Waals surface area contributed by atoms with Gasteiger partial charge in [0.1, 0.15) is 0 Å². The molecular weight excluding hydrogens is 184 g/mol. The van der Waals surface area contributed by atoms with Crippen LogP contribution in [0.15, 0.2) is 18.2 Å². The Labute approximate surface area is 83.1 Å². The first-order chi connectivity index (χ1) is 6.18. The van der Waals surface area contributed by atoms with Gasteiger partial charge in [-0.3, -0.25) is 0 Å². The Morgan fingerprint density at radius 1 is 1.54 bits per heavy atom. The van der Waals surface area contributed by atoms with Crippen molar-refractivity contribution in [1.29, 1.82) is 0 Å². The van der Waals surface area contributed by atoms with Gasteiger partial charge in [0, 0.05) is 6.04 Å². The van der Waals surface area contributed by atoms with Crippen molar-refractivity contribution in [3.05, 3.63) is 23.2 Å². The van der Waals surface area contributed by atoms with Crippen molar-refractivity contribution in [3.63, 3.8) is 0 Å². The summed E-state index contributed by atoms with van der Waals surface area (Å²) in [4.78, 5) is 0. The molecule has 0 spiro atoms. The average molecular weight is 197 g/mol. The third-order valence-corrected chi connectivity index (χ3v) is 2.83. The maximum Gasteiger partial charge on any atom is 0.0739 e. The van der Waals surface area contributed by atoms with Crippen LogP contribution in [-0.4, -0.2) is 6.04 Å². The monoisotopic (exact) mass is 196 g/mol. The Morgan fingerprint density at radius 3 is 2.85 bits per heavy atom. The van der Waals surface area contributed by atoms with Gasteiger partial charge in [0.2, 0.25) is 0 Å². The van der Waals surface area contributed by atoms with Crippen LogP contribution >= 0.6 is 11.6 Å². The number of hydrogen-bond donors (Lipinski definition) is 2. The van der Waals surface area contributed by atoms with Crippen LogP contribution in [-0.2, 0) is 0 Å². The predicted octanol–water partition coefficient (Wildman–Crippen LogP) is 2.74. The number of nitrogen functional groups attached to an aromatic ring is 1. The Balaban J connectivity index is 2.15. The summed E-state index contributed by atoms with van der Waals surface area (Å²) in [5.74, 6) is 0.762. The van der Waals surface area contributed by atoms with Crippen molar-refractivity contribution in [3.8, 4) is 0 Å². The number of halogens is 1. The van der Waals surface area contributed by atoms with Crippen LogP contribution in [0.3, 0.4) is 0 Å². The van der Waals surface area contributed by atoms with E-state index in [1.807, 2.05) is 12.1 Å². The average Bonchev–Trinajstić information content (AvgIpc) is 2.77. The molecule has 1 saturated carbocycles. The second kappa shape index (κ2) is 3.11. The lowest BCUT2D eigenvalue weighted by Gasteiger charge is -2.09. The van der Waals surface area contributed by atoms with Crippen molar-refractivity contribution in [1.82, 2.24) is 0 Å². The highest BCUT2D eigenvalue weighted by Crippen LogP contribution is 2.35. The zero-order chi connectivity index (χ0) is 9.42. The van der Waals surface area contributed by atoms with Gasteiger partial charge in [-0.1, -0.05) is 24.6 Å². The first-order valence-corrected chi connectivity index (χ1v) is 4.87. The zero-order valence-corrected chi connectivity index (χ0v) is 8.31. The number of hydrogen-bond acceptors (Lipinski definition) is 2. The molecule has 1 aliphatic rings. The summed E-state index contributed by atoms with van der Waals surface area (Å²) in [5.41, 5.74) is 7.43. The maximum absolute atomic E-state index is 5.89. The normalized spacial score (nSPS) is 25.7. The summed E-state index contributed by atoms with van der Waals surface area (Å²) in [5, 5.41) is 3.99. The number of para-hydroxylation sites is 1. The van der Waals surface area contributed by atoms with E-state index in [1.54, 1.807) is 6.07 Å². The maximum atomic E-state index is 5.89. The largest absolute Gasteiger partial charge is 0.396 e. The highest BCUT2D eigenvalue weighted by molar-refractivity contribution is 6.33. The predicted molar refractivity (Wildman–Crippen MR) is 57.1 cm³/mol. The van der Waals surface area contributed by atoms with E-state index in [4.69, 9.17) is 17.3 Å². The second-order valence-corrected chi connectivity index (χ2v) is 4.07. The summed E-state index contributed by atoms with van der Waals surface area (Å²) in [6.07, 6.45) is 1.23. The molecule has 0 amide bonds. The van der Waals surface area contributed by atoms with E-state index >= 15 is 0 Å². The Hall–Kier alpha value is -0.890. The van der Waals surface area contributed by atoms with Crippen LogP contribution < -0.4 is 11.1 Å². The van der Waals surface area contributed by atoms with E-state index in [9.17, 15) is 0 Å². The van der Waals surface area contributed by atoms with E-state index in [-0.39, 0.29) is 0 Å². The zero-order valence-electron chi connectivity index (χ0n) is 7.55. The van der Waals surface area contributed by atoms with Crippen molar-refractivity contribution in [2.75, 3.05) is 11.1 Å². The molecule has 0 aromatic heterocycles. The minimum absolute atomic E-state index is 0.584. The van der Waals surface area contributed by atoms with Gasteiger partial charge in [-0.15, -0.1) is 0 Å². The molecule has 1 aliphatic carbocycles. The molecule has 13 heavy (non-hydrogen) atoms. The fourth-order valence-electron chi connectivity index (χ4n) is 1.39. The Morgan fingerprint density at radius 2 is 2.23 bits per heavy atom. The first-order valence-electron chi connectivity index (χ1n) is 4.49. The molecular formula is C10H13ClN2. The summed E-state index contributed by atoms with van der Waals surface area (Å²) >= 11 is 5.89. The Kier molecular flexibility index (Phi) is 2.08. The second-order valence-electron chi connectivity index (χ2n) is 3.66. The van der Waals surface area contributed by atoms with Crippen LogP contribution in [0.2, 0.25) is 5.02 Å². The van der Waals surface area contributed by atoms with Gasteiger partial charge < -0.3 is 11.1 Å². The molecule has 0 bridgehead atoms. The van der Waals surface area contributed by atoms with E-state index in [0.29, 0.717) is 16.8 Å². The van der Waals surface area contributed by atoms with Crippen LogP contribution in [0, 0.1) is 5.92 Å². The minimum atomic E-state index is 0.584. The van der Waals surface area contributed by atoms with Gasteiger partial charge in [-0.05, 0) is 24.5 Å². The molecule has 0 heterocycles. The minimum Gasteiger partial charge on any atom is -0.396 e. The molecule has 2 rings (SSSR count). The van der Waals surface area contributed by atoms with Crippen molar-refractivity contribution >= 4 is 23.0 Å². The van der Waals surface area contributed by atoms with Crippen LogP contribution in [0.1, 0.15) is 13.3 Å². The topological polar surface area (TPSA) is 38.0 Å². The highest BCUT2D eigenvalue weighted by Gasteiger charge is 2.32. The molecule has 3 heteroatoms. The van der Waals surface area contributed by atoms with E-state index in [0.717, 1.165) is 11.6 Å². The molecule has 0 saturated heterocycles. The lowest BCUT2D eigenvalue weighted by atomic mass is 10.2. The van der Waals surface area contributed by atoms with Crippen LogP contribution in [0.4, 0.5) is 11.4 Å². The van der Waals surface area contributed by atoms with Gasteiger partial charge in [-0.25, -0.2) is 0 Å². The molecule has 0 aliphatic heterocycles. The molecule has 1 fully saturated rings. The number of rotatable bonds is 2. The fraction of sp³-hybridized carbons (Fsp3) is 0.400. The lowest BCUT2D eigenvalue weighted by Crippen LogP contribution is -2.05. The van der Waals surface area contributed by atoms with Gasteiger partial charge in [0.15, 0.2) is 0 Å². The fourth-order valence-corrected chi connectivity index (χ4v) is 1.56.